The quantitative estimate of drug-likeness (QED) is 0.574. The van der Waals surface area contributed by atoms with Crippen LogP contribution in [0, 0.1) is 5.92 Å². The minimum absolute atomic E-state index is 0.00115. The summed E-state index contributed by atoms with van der Waals surface area (Å²) in [5, 5.41) is 6.59. The lowest BCUT2D eigenvalue weighted by atomic mass is 9.86. The van der Waals surface area contributed by atoms with Crippen LogP contribution in [0.3, 0.4) is 0 Å². The molecule has 0 unspecified atom stereocenters. The Morgan fingerprint density at radius 1 is 0.938 bits per heavy atom. The Balaban J connectivity index is 1.22. The zero-order chi connectivity index (χ0) is 22.3. The number of nitrogens with one attached hydrogen (secondary N) is 2. The highest BCUT2D eigenvalue weighted by molar-refractivity contribution is 5.94. The van der Waals surface area contributed by atoms with E-state index < -0.39 is 0 Å². The van der Waals surface area contributed by atoms with Gasteiger partial charge in [0.2, 0.25) is 5.95 Å². The fourth-order valence-electron chi connectivity index (χ4n) is 4.15. The molecule has 0 atom stereocenters. The molecule has 6 heteroatoms. The molecule has 0 spiro atoms. The maximum atomic E-state index is 12.6. The van der Waals surface area contributed by atoms with E-state index in [1.807, 2.05) is 67.5 Å². The Labute approximate surface area is 190 Å². The molecule has 1 heterocycles. The molecule has 1 aliphatic carbocycles. The Kier molecular flexibility index (Phi) is 7.00. The van der Waals surface area contributed by atoms with Gasteiger partial charge >= 0.3 is 0 Å². The van der Waals surface area contributed by atoms with Crippen molar-refractivity contribution in [1.29, 1.82) is 0 Å². The van der Waals surface area contributed by atoms with E-state index >= 15 is 0 Å². The van der Waals surface area contributed by atoms with Crippen LogP contribution in [0.1, 0.15) is 36.0 Å². The Bertz CT molecular complexity index is 1010. The molecule has 0 saturated heterocycles. The zero-order valence-electron chi connectivity index (χ0n) is 18.8. The number of benzene rings is 2. The maximum absolute atomic E-state index is 12.6. The van der Waals surface area contributed by atoms with Gasteiger partial charge < -0.3 is 15.5 Å². The van der Waals surface area contributed by atoms with E-state index in [4.69, 9.17) is 0 Å². The lowest BCUT2D eigenvalue weighted by molar-refractivity contribution is 0.0943. The van der Waals surface area contributed by atoms with E-state index in [0.717, 1.165) is 49.2 Å². The summed E-state index contributed by atoms with van der Waals surface area (Å²) < 4.78 is 0. The molecule has 2 aromatic carbocycles. The van der Waals surface area contributed by atoms with Crippen LogP contribution in [-0.4, -0.2) is 42.6 Å². The molecule has 4 rings (SSSR count). The molecule has 32 heavy (non-hydrogen) atoms. The van der Waals surface area contributed by atoms with Crippen molar-refractivity contribution in [1.82, 2.24) is 15.3 Å². The molecule has 1 fully saturated rings. The highest BCUT2D eigenvalue weighted by Gasteiger charge is 2.22. The third-order valence-electron chi connectivity index (χ3n) is 6.08. The fraction of sp³-hybridized carbons (Fsp3) is 0.346. The first kappa shape index (κ1) is 21.8. The highest BCUT2D eigenvalue weighted by atomic mass is 16.1. The molecule has 1 saturated carbocycles. The first-order valence-corrected chi connectivity index (χ1v) is 11.3. The largest absolute Gasteiger partial charge is 0.363 e. The monoisotopic (exact) mass is 429 g/mol. The molecule has 0 aliphatic heterocycles. The Morgan fingerprint density at radius 2 is 1.62 bits per heavy atom. The second-order valence-electron chi connectivity index (χ2n) is 8.65. The third-order valence-corrected chi connectivity index (χ3v) is 6.08. The van der Waals surface area contributed by atoms with Crippen molar-refractivity contribution < 1.29 is 4.79 Å². The lowest BCUT2D eigenvalue weighted by Crippen LogP contribution is -2.34. The number of aromatic nitrogens is 2. The second-order valence-corrected chi connectivity index (χ2v) is 8.65. The van der Waals surface area contributed by atoms with Crippen molar-refractivity contribution in [3.63, 3.8) is 0 Å². The number of hydrogen-bond donors (Lipinski definition) is 2. The van der Waals surface area contributed by atoms with Crippen LogP contribution in [0.15, 0.2) is 66.9 Å². The smallest absolute Gasteiger partial charge is 0.251 e. The predicted octanol–water partition coefficient (Wildman–Crippen LogP) is 4.61. The summed E-state index contributed by atoms with van der Waals surface area (Å²) >= 11 is 0. The van der Waals surface area contributed by atoms with Crippen LogP contribution in [0.25, 0.3) is 11.1 Å². The van der Waals surface area contributed by atoms with Gasteiger partial charge in [0.15, 0.2) is 0 Å². The molecule has 1 amide bonds. The SMILES string of the molecule is CN(C)c1ccnc(N[C@H]2CC[C@@H](CNC(=O)c3ccc(-c4ccccc4)cc3)CC2)n1. The maximum Gasteiger partial charge on any atom is 0.251 e. The summed E-state index contributed by atoms with van der Waals surface area (Å²) in [5.74, 6) is 2.09. The van der Waals surface area contributed by atoms with Crippen LogP contribution in [0.2, 0.25) is 0 Å². The van der Waals surface area contributed by atoms with Gasteiger partial charge in [0.1, 0.15) is 5.82 Å². The summed E-state index contributed by atoms with van der Waals surface area (Å²) in [7, 11) is 3.95. The molecule has 2 N–H and O–H groups in total. The van der Waals surface area contributed by atoms with Crippen molar-refractivity contribution in [2.75, 3.05) is 30.9 Å². The molecule has 0 radical (unpaired) electrons. The number of hydrogen-bond acceptors (Lipinski definition) is 5. The van der Waals surface area contributed by atoms with Crippen LogP contribution in [-0.2, 0) is 0 Å². The van der Waals surface area contributed by atoms with E-state index in [1.54, 1.807) is 6.20 Å². The lowest BCUT2D eigenvalue weighted by Gasteiger charge is -2.29. The molecule has 166 valence electrons. The minimum atomic E-state index is -0.00115. The van der Waals surface area contributed by atoms with Gasteiger partial charge in [-0.25, -0.2) is 4.98 Å². The number of amides is 1. The van der Waals surface area contributed by atoms with Gasteiger partial charge in [0.25, 0.3) is 5.91 Å². The van der Waals surface area contributed by atoms with Crippen LogP contribution in [0.5, 0.6) is 0 Å². The zero-order valence-corrected chi connectivity index (χ0v) is 18.8. The highest BCUT2D eigenvalue weighted by Crippen LogP contribution is 2.26. The van der Waals surface area contributed by atoms with Gasteiger partial charge in [0.05, 0.1) is 0 Å². The van der Waals surface area contributed by atoms with E-state index in [-0.39, 0.29) is 5.91 Å². The molecule has 6 nitrogen and oxygen atoms in total. The first-order chi connectivity index (χ1) is 15.6. The van der Waals surface area contributed by atoms with Crippen molar-refractivity contribution in [2.24, 2.45) is 5.92 Å². The van der Waals surface area contributed by atoms with Gasteiger partial charge in [0, 0.05) is 38.4 Å². The number of nitrogens with zero attached hydrogens (tertiary/aromatic N) is 3. The topological polar surface area (TPSA) is 70.2 Å². The number of rotatable bonds is 7. The molecule has 0 bridgehead atoms. The summed E-state index contributed by atoms with van der Waals surface area (Å²) in [6.07, 6.45) is 6.07. The first-order valence-electron chi connectivity index (χ1n) is 11.3. The van der Waals surface area contributed by atoms with Crippen molar-refractivity contribution in [3.8, 4) is 11.1 Å². The van der Waals surface area contributed by atoms with E-state index in [9.17, 15) is 4.79 Å². The normalized spacial score (nSPS) is 18.1. The van der Waals surface area contributed by atoms with Crippen LogP contribution >= 0.6 is 0 Å². The van der Waals surface area contributed by atoms with Gasteiger partial charge in [-0.3, -0.25) is 4.79 Å². The molecule has 1 aliphatic rings. The predicted molar refractivity (Wildman–Crippen MR) is 130 cm³/mol. The fourth-order valence-corrected chi connectivity index (χ4v) is 4.15. The number of carbonyl (C=O) groups excluding carboxylic acids is 1. The Morgan fingerprint density at radius 3 is 2.31 bits per heavy atom. The average Bonchev–Trinajstić information content (AvgIpc) is 2.84. The average molecular weight is 430 g/mol. The van der Waals surface area contributed by atoms with Crippen LogP contribution < -0.4 is 15.5 Å². The summed E-state index contributed by atoms with van der Waals surface area (Å²) in [6.45, 7) is 0.721. The molecular formula is C26H31N5O. The third kappa shape index (κ3) is 5.63. The number of anilines is 2. The van der Waals surface area contributed by atoms with Crippen LogP contribution in [0.4, 0.5) is 11.8 Å². The van der Waals surface area contributed by atoms with E-state index in [2.05, 4.69) is 32.7 Å². The van der Waals surface area contributed by atoms with E-state index in [1.165, 1.54) is 0 Å². The molecule has 1 aromatic heterocycles. The summed E-state index contributed by atoms with van der Waals surface area (Å²) in [5.41, 5.74) is 2.98. The molecular weight excluding hydrogens is 398 g/mol. The van der Waals surface area contributed by atoms with Gasteiger partial charge in [-0.1, -0.05) is 42.5 Å². The van der Waals surface area contributed by atoms with Crippen molar-refractivity contribution >= 4 is 17.7 Å². The summed E-state index contributed by atoms with van der Waals surface area (Å²) in [4.78, 5) is 23.5. The van der Waals surface area contributed by atoms with E-state index in [0.29, 0.717) is 23.5 Å². The minimum Gasteiger partial charge on any atom is -0.363 e. The van der Waals surface area contributed by atoms with Crippen molar-refractivity contribution in [2.45, 2.75) is 31.7 Å². The van der Waals surface area contributed by atoms with Crippen molar-refractivity contribution in [3.05, 3.63) is 72.4 Å². The standard InChI is InChI=1S/C26H31N5O/c1-31(2)24-16-17-27-26(30-24)29-23-14-8-19(9-15-23)18-28-25(32)22-12-10-21(11-13-22)20-6-4-3-5-7-20/h3-7,10-13,16-17,19,23H,8-9,14-15,18H2,1-2H3,(H,28,32)(H,27,29,30)/t19-,23+. The van der Waals surface area contributed by atoms with Gasteiger partial charge in [-0.2, -0.15) is 4.98 Å². The number of carbonyl (C=O) groups is 1. The second kappa shape index (κ2) is 10.3. The Hall–Kier alpha value is -3.41. The van der Waals surface area contributed by atoms with Gasteiger partial charge in [-0.15, -0.1) is 0 Å². The molecule has 3 aromatic rings. The van der Waals surface area contributed by atoms with Gasteiger partial charge in [-0.05, 0) is 60.9 Å². The summed E-state index contributed by atoms with van der Waals surface area (Å²) in [6, 6.07) is 20.3.